The van der Waals surface area contributed by atoms with Crippen molar-refractivity contribution >= 4 is 35.1 Å². The van der Waals surface area contributed by atoms with E-state index in [1.54, 1.807) is 18.2 Å². The number of benzene rings is 2. The molecule has 0 radical (unpaired) electrons. The zero-order valence-electron chi connectivity index (χ0n) is 21.2. The van der Waals surface area contributed by atoms with Gasteiger partial charge in [-0.05, 0) is 42.3 Å². The van der Waals surface area contributed by atoms with Gasteiger partial charge in [-0.15, -0.1) is 0 Å². The van der Waals surface area contributed by atoms with E-state index in [2.05, 4.69) is 20.5 Å². The molecule has 1 aromatic heterocycles. The van der Waals surface area contributed by atoms with Crippen LogP contribution in [0.1, 0.15) is 18.9 Å². The van der Waals surface area contributed by atoms with Gasteiger partial charge in [0.05, 0.1) is 0 Å². The van der Waals surface area contributed by atoms with Gasteiger partial charge in [0.15, 0.2) is 5.82 Å². The molecule has 0 saturated carbocycles. The SMILES string of the molecule is CC(=O)NCCNc1cc(N2CCN(C(=O)CCc3ccc(O)cc3O)CC2)nc(-c2ccc(Cl)cc2)n1. The molecule has 1 aliphatic rings. The van der Waals surface area contributed by atoms with Crippen molar-refractivity contribution in [2.75, 3.05) is 49.5 Å². The Morgan fingerprint density at radius 1 is 0.974 bits per heavy atom. The Kier molecular flexibility index (Phi) is 8.85. The van der Waals surface area contributed by atoms with Gasteiger partial charge in [-0.2, -0.15) is 0 Å². The molecule has 10 nitrogen and oxygen atoms in total. The van der Waals surface area contributed by atoms with Gasteiger partial charge >= 0.3 is 0 Å². The molecule has 2 aromatic carbocycles. The number of anilines is 2. The smallest absolute Gasteiger partial charge is 0.223 e. The molecular formula is C27H31ClN6O4. The maximum Gasteiger partial charge on any atom is 0.223 e. The van der Waals surface area contributed by atoms with E-state index in [9.17, 15) is 19.8 Å². The first-order valence-electron chi connectivity index (χ1n) is 12.5. The summed E-state index contributed by atoms with van der Waals surface area (Å²) in [4.78, 5) is 37.4. The zero-order chi connectivity index (χ0) is 27.1. The quantitative estimate of drug-likeness (QED) is 0.306. The molecule has 1 fully saturated rings. The largest absolute Gasteiger partial charge is 0.508 e. The van der Waals surface area contributed by atoms with Crippen LogP contribution in [0.4, 0.5) is 11.6 Å². The van der Waals surface area contributed by atoms with Crippen molar-refractivity contribution in [3.8, 4) is 22.9 Å². The molecule has 0 bridgehead atoms. The summed E-state index contributed by atoms with van der Waals surface area (Å²) in [6.45, 7) is 4.76. The number of phenolic OH excluding ortho intramolecular Hbond substituents is 2. The average Bonchev–Trinajstić information content (AvgIpc) is 2.91. The van der Waals surface area contributed by atoms with Gasteiger partial charge in [0.25, 0.3) is 0 Å². The Morgan fingerprint density at radius 3 is 2.39 bits per heavy atom. The molecule has 0 spiro atoms. The van der Waals surface area contributed by atoms with Gasteiger partial charge in [0.2, 0.25) is 11.8 Å². The van der Waals surface area contributed by atoms with Gasteiger partial charge in [-0.1, -0.05) is 17.7 Å². The molecule has 11 heteroatoms. The maximum atomic E-state index is 12.8. The van der Waals surface area contributed by atoms with Crippen LogP contribution in [0.3, 0.4) is 0 Å². The summed E-state index contributed by atoms with van der Waals surface area (Å²) in [5, 5.41) is 26.1. The maximum absolute atomic E-state index is 12.8. The highest BCUT2D eigenvalue weighted by Crippen LogP contribution is 2.26. The molecule has 38 heavy (non-hydrogen) atoms. The van der Waals surface area contributed by atoms with E-state index in [4.69, 9.17) is 16.6 Å². The monoisotopic (exact) mass is 538 g/mol. The van der Waals surface area contributed by atoms with E-state index < -0.39 is 0 Å². The van der Waals surface area contributed by atoms with Crippen molar-refractivity contribution < 1.29 is 19.8 Å². The lowest BCUT2D eigenvalue weighted by atomic mass is 10.1. The molecule has 4 rings (SSSR count). The molecule has 1 saturated heterocycles. The number of carbonyl (C=O) groups excluding carboxylic acids is 2. The number of hydrogen-bond donors (Lipinski definition) is 4. The zero-order valence-corrected chi connectivity index (χ0v) is 21.9. The minimum absolute atomic E-state index is 0.00985. The Hall–Kier alpha value is -4.05. The molecule has 0 aliphatic carbocycles. The Balaban J connectivity index is 1.41. The first-order valence-corrected chi connectivity index (χ1v) is 12.8. The van der Waals surface area contributed by atoms with Crippen molar-refractivity contribution in [1.82, 2.24) is 20.2 Å². The Bertz CT molecular complexity index is 1280. The van der Waals surface area contributed by atoms with E-state index >= 15 is 0 Å². The summed E-state index contributed by atoms with van der Waals surface area (Å²) >= 11 is 6.05. The lowest BCUT2D eigenvalue weighted by molar-refractivity contribution is -0.131. The number of piperazine rings is 1. The summed E-state index contributed by atoms with van der Waals surface area (Å²) in [6.07, 6.45) is 0.671. The topological polar surface area (TPSA) is 131 Å². The molecule has 4 N–H and O–H groups in total. The number of carbonyl (C=O) groups is 2. The second-order valence-corrected chi connectivity index (χ2v) is 9.47. The van der Waals surface area contributed by atoms with E-state index in [0.29, 0.717) is 67.9 Å². The third kappa shape index (κ3) is 7.25. The van der Waals surface area contributed by atoms with Crippen LogP contribution in [0, 0.1) is 0 Å². The molecule has 1 aliphatic heterocycles. The van der Waals surface area contributed by atoms with E-state index in [-0.39, 0.29) is 29.7 Å². The van der Waals surface area contributed by atoms with Gasteiger partial charge in [0.1, 0.15) is 23.1 Å². The first kappa shape index (κ1) is 27.0. The van der Waals surface area contributed by atoms with E-state index in [1.165, 1.54) is 19.1 Å². The second-order valence-electron chi connectivity index (χ2n) is 9.03. The molecule has 0 atom stereocenters. The fourth-order valence-electron chi connectivity index (χ4n) is 4.19. The van der Waals surface area contributed by atoms with Crippen LogP contribution in [0.25, 0.3) is 11.4 Å². The Morgan fingerprint density at radius 2 is 1.71 bits per heavy atom. The third-order valence-electron chi connectivity index (χ3n) is 6.25. The normalized spacial score (nSPS) is 13.3. The minimum atomic E-state index is -0.0932. The first-order chi connectivity index (χ1) is 18.3. The van der Waals surface area contributed by atoms with Crippen molar-refractivity contribution in [1.29, 1.82) is 0 Å². The van der Waals surface area contributed by atoms with Crippen LogP contribution >= 0.6 is 11.6 Å². The average molecular weight is 539 g/mol. The molecule has 2 heterocycles. The number of hydrogen-bond acceptors (Lipinski definition) is 8. The third-order valence-corrected chi connectivity index (χ3v) is 6.51. The number of nitrogens with zero attached hydrogens (tertiary/aromatic N) is 4. The summed E-state index contributed by atoms with van der Waals surface area (Å²) in [5.41, 5.74) is 1.46. The number of halogens is 1. The number of aromatic hydroxyl groups is 2. The fourth-order valence-corrected chi connectivity index (χ4v) is 4.32. The highest BCUT2D eigenvalue weighted by atomic mass is 35.5. The molecule has 0 unspecified atom stereocenters. The fraction of sp³-hybridized carbons (Fsp3) is 0.333. The van der Waals surface area contributed by atoms with E-state index in [1.807, 2.05) is 23.1 Å². The molecule has 3 aromatic rings. The van der Waals surface area contributed by atoms with Crippen LogP contribution in [0.15, 0.2) is 48.5 Å². The number of phenols is 2. The second kappa shape index (κ2) is 12.5. The highest BCUT2D eigenvalue weighted by Gasteiger charge is 2.23. The minimum Gasteiger partial charge on any atom is -0.508 e. The van der Waals surface area contributed by atoms with Crippen LogP contribution in [-0.2, 0) is 16.0 Å². The number of amides is 2. The van der Waals surface area contributed by atoms with Crippen LogP contribution < -0.4 is 15.5 Å². The molecular weight excluding hydrogens is 508 g/mol. The lowest BCUT2D eigenvalue weighted by Crippen LogP contribution is -2.49. The number of rotatable bonds is 9. The van der Waals surface area contributed by atoms with E-state index in [0.717, 1.165) is 11.4 Å². The summed E-state index contributed by atoms with van der Waals surface area (Å²) in [5.74, 6) is 1.83. The molecule has 2 amide bonds. The van der Waals surface area contributed by atoms with Crippen molar-refractivity contribution in [3.63, 3.8) is 0 Å². The summed E-state index contributed by atoms with van der Waals surface area (Å²) < 4.78 is 0. The number of aryl methyl sites for hydroxylation is 1. The van der Waals surface area contributed by atoms with Crippen molar-refractivity contribution in [2.24, 2.45) is 0 Å². The van der Waals surface area contributed by atoms with Crippen molar-refractivity contribution in [3.05, 3.63) is 59.1 Å². The number of aromatic nitrogens is 2. The summed E-state index contributed by atoms with van der Waals surface area (Å²) in [6, 6.07) is 13.6. The van der Waals surface area contributed by atoms with Crippen LogP contribution in [0.5, 0.6) is 11.5 Å². The van der Waals surface area contributed by atoms with Crippen LogP contribution in [-0.4, -0.2) is 76.2 Å². The predicted molar refractivity (Wildman–Crippen MR) is 147 cm³/mol. The van der Waals surface area contributed by atoms with Crippen molar-refractivity contribution in [2.45, 2.75) is 19.8 Å². The predicted octanol–water partition coefficient (Wildman–Crippen LogP) is 3.04. The Labute approximate surface area is 226 Å². The highest BCUT2D eigenvalue weighted by molar-refractivity contribution is 6.30. The van der Waals surface area contributed by atoms with Gasteiger partial charge in [0, 0.05) is 75.3 Å². The summed E-state index contributed by atoms with van der Waals surface area (Å²) in [7, 11) is 0. The van der Waals surface area contributed by atoms with Gasteiger partial charge < -0.3 is 30.6 Å². The lowest BCUT2D eigenvalue weighted by Gasteiger charge is -2.35. The van der Waals surface area contributed by atoms with Crippen LogP contribution in [0.2, 0.25) is 5.02 Å². The number of nitrogens with one attached hydrogen (secondary N) is 2. The van der Waals surface area contributed by atoms with Gasteiger partial charge in [-0.3, -0.25) is 9.59 Å². The molecule has 200 valence electrons. The standard InChI is InChI=1S/C27H31ClN6O4/c1-18(35)29-10-11-30-24-17-25(32-27(31-24)20-2-6-21(28)7-3-20)33-12-14-34(15-13-33)26(38)9-5-19-4-8-22(36)16-23(19)37/h2-4,6-8,16-17,36-37H,5,9-15H2,1H3,(H,29,35)(H,30,31,32). The van der Waals surface area contributed by atoms with Gasteiger partial charge in [-0.25, -0.2) is 9.97 Å².